The van der Waals surface area contributed by atoms with Crippen LogP contribution in [-0.2, 0) is 12.8 Å². The fraction of sp³-hybridized carbons (Fsp3) is 0.571. The monoisotopic (exact) mass is 262 g/mol. The molecule has 0 aliphatic rings. The maximum Gasteiger partial charge on any atom is 0.138 e. The molecule has 0 fully saturated rings. The van der Waals surface area contributed by atoms with Crippen LogP contribution < -0.4 is 5.32 Å². The maximum atomic E-state index is 5.36. The molecule has 0 bridgehead atoms. The second kappa shape index (κ2) is 6.52. The summed E-state index contributed by atoms with van der Waals surface area (Å²) < 4.78 is 7.35. The molecule has 0 spiro atoms. The highest BCUT2D eigenvalue weighted by molar-refractivity contribution is 4.99. The van der Waals surface area contributed by atoms with Gasteiger partial charge in [-0.1, -0.05) is 0 Å². The van der Waals surface area contributed by atoms with Gasteiger partial charge in [0.15, 0.2) is 0 Å². The summed E-state index contributed by atoms with van der Waals surface area (Å²) in [4.78, 5) is 4.36. The molecule has 104 valence electrons. The second-order valence-electron chi connectivity index (χ2n) is 5.02. The summed E-state index contributed by atoms with van der Waals surface area (Å²) in [5.41, 5.74) is 0. The molecule has 0 aliphatic carbocycles. The van der Waals surface area contributed by atoms with Crippen LogP contribution in [0.3, 0.4) is 0 Å². The molecule has 0 amide bonds. The Hall–Kier alpha value is -1.62. The van der Waals surface area contributed by atoms with E-state index >= 15 is 0 Å². The van der Waals surface area contributed by atoms with Crippen molar-refractivity contribution in [2.24, 2.45) is 0 Å². The molecule has 0 aromatic carbocycles. The van der Waals surface area contributed by atoms with Gasteiger partial charge in [-0.25, -0.2) is 9.67 Å². The number of nitrogens with zero attached hydrogens (tertiary/aromatic N) is 3. The number of hydrogen-bond acceptors (Lipinski definition) is 4. The highest BCUT2D eigenvalue weighted by Crippen LogP contribution is 2.11. The Bertz CT molecular complexity index is 475. The summed E-state index contributed by atoms with van der Waals surface area (Å²) in [6.07, 6.45) is 6.20. The zero-order valence-corrected chi connectivity index (χ0v) is 11.8. The van der Waals surface area contributed by atoms with Crippen LogP contribution in [0.15, 0.2) is 29.1 Å². The van der Waals surface area contributed by atoms with E-state index in [1.165, 1.54) is 0 Å². The first-order valence-corrected chi connectivity index (χ1v) is 6.78. The normalized spacial score (nSPS) is 13.1. The van der Waals surface area contributed by atoms with Crippen molar-refractivity contribution >= 4 is 0 Å². The number of aryl methyl sites for hydroxylation is 1. The molecule has 1 atom stereocenters. The van der Waals surface area contributed by atoms with E-state index < -0.39 is 0 Å². The molecule has 5 nitrogen and oxygen atoms in total. The second-order valence-corrected chi connectivity index (χ2v) is 5.02. The molecule has 5 heteroatoms. The number of likely N-dealkylation sites (N-methyl/N-ethyl adjacent to an activating group) is 1. The quantitative estimate of drug-likeness (QED) is 0.831. The lowest BCUT2D eigenvalue weighted by molar-refractivity contribution is 0.436. The van der Waals surface area contributed by atoms with E-state index in [2.05, 4.69) is 29.2 Å². The van der Waals surface area contributed by atoms with E-state index in [9.17, 15) is 0 Å². The Morgan fingerprint density at radius 1 is 1.42 bits per heavy atom. The van der Waals surface area contributed by atoms with E-state index in [4.69, 9.17) is 4.42 Å². The zero-order valence-electron chi connectivity index (χ0n) is 11.8. The summed E-state index contributed by atoms with van der Waals surface area (Å²) in [6.45, 7) is 4.24. The number of furan rings is 1. The Balaban J connectivity index is 1.93. The van der Waals surface area contributed by atoms with Gasteiger partial charge in [0.05, 0.1) is 6.26 Å². The van der Waals surface area contributed by atoms with Crippen molar-refractivity contribution < 1.29 is 4.42 Å². The van der Waals surface area contributed by atoms with Gasteiger partial charge in [0.25, 0.3) is 0 Å². The van der Waals surface area contributed by atoms with Gasteiger partial charge in [-0.3, -0.25) is 0 Å². The first-order valence-electron chi connectivity index (χ1n) is 6.78. The number of hydrogen-bond donors (Lipinski definition) is 1. The number of nitrogens with one attached hydrogen (secondary N) is 1. The van der Waals surface area contributed by atoms with Gasteiger partial charge >= 0.3 is 0 Å². The van der Waals surface area contributed by atoms with Gasteiger partial charge in [0.2, 0.25) is 0 Å². The smallest absolute Gasteiger partial charge is 0.138 e. The molecule has 0 saturated heterocycles. The standard InChI is InChI=1S/C14H22N4O/c1-11(2)18-14(16-10-17-18)9-12(15-3)6-7-13-5-4-8-19-13/h4-5,8,10-12,15H,6-7,9H2,1-3H3. The average molecular weight is 262 g/mol. The minimum Gasteiger partial charge on any atom is -0.469 e. The molecular weight excluding hydrogens is 240 g/mol. The van der Waals surface area contributed by atoms with Gasteiger partial charge < -0.3 is 9.73 Å². The van der Waals surface area contributed by atoms with Crippen LogP contribution in [0.2, 0.25) is 0 Å². The van der Waals surface area contributed by atoms with Gasteiger partial charge in [0, 0.05) is 24.9 Å². The summed E-state index contributed by atoms with van der Waals surface area (Å²) in [5, 5.41) is 7.62. The van der Waals surface area contributed by atoms with E-state index in [1.807, 2.05) is 23.9 Å². The van der Waals surface area contributed by atoms with Crippen LogP contribution in [-0.4, -0.2) is 27.9 Å². The fourth-order valence-electron chi connectivity index (χ4n) is 2.19. The van der Waals surface area contributed by atoms with Crippen LogP contribution in [0, 0.1) is 0 Å². The molecule has 0 radical (unpaired) electrons. The van der Waals surface area contributed by atoms with Crippen LogP contribution in [0.1, 0.15) is 37.9 Å². The van der Waals surface area contributed by atoms with Crippen molar-refractivity contribution in [2.45, 2.75) is 45.2 Å². The van der Waals surface area contributed by atoms with Crippen LogP contribution in [0.25, 0.3) is 0 Å². The van der Waals surface area contributed by atoms with E-state index in [-0.39, 0.29) is 0 Å². The Labute approximate surface area is 114 Å². The first-order chi connectivity index (χ1) is 9.20. The minimum atomic E-state index is 0.347. The lowest BCUT2D eigenvalue weighted by Crippen LogP contribution is -2.29. The molecule has 2 aromatic heterocycles. The third kappa shape index (κ3) is 3.67. The molecule has 0 aliphatic heterocycles. The number of aromatic nitrogens is 3. The Kier molecular flexibility index (Phi) is 4.74. The SMILES string of the molecule is CNC(CCc1ccco1)Cc1ncnn1C(C)C. The van der Waals surface area contributed by atoms with Crippen molar-refractivity contribution in [1.29, 1.82) is 0 Å². The third-order valence-corrected chi connectivity index (χ3v) is 3.29. The predicted octanol–water partition coefficient (Wildman–Crippen LogP) is 2.22. The fourth-order valence-corrected chi connectivity index (χ4v) is 2.19. The third-order valence-electron chi connectivity index (χ3n) is 3.29. The molecule has 1 N–H and O–H groups in total. The molecule has 19 heavy (non-hydrogen) atoms. The summed E-state index contributed by atoms with van der Waals surface area (Å²) in [7, 11) is 1.99. The van der Waals surface area contributed by atoms with Crippen molar-refractivity contribution in [1.82, 2.24) is 20.1 Å². The van der Waals surface area contributed by atoms with Gasteiger partial charge in [0.1, 0.15) is 17.9 Å². The van der Waals surface area contributed by atoms with E-state index in [0.29, 0.717) is 12.1 Å². The summed E-state index contributed by atoms with van der Waals surface area (Å²) in [5.74, 6) is 2.07. The first kappa shape index (κ1) is 13.8. The topological polar surface area (TPSA) is 55.9 Å². The minimum absolute atomic E-state index is 0.347. The summed E-state index contributed by atoms with van der Waals surface area (Å²) >= 11 is 0. The van der Waals surface area contributed by atoms with E-state index in [0.717, 1.165) is 30.8 Å². The molecule has 2 aromatic rings. The van der Waals surface area contributed by atoms with Gasteiger partial charge in [-0.05, 0) is 39.4 Å². The molecule has 0 saturated carbocycles. The highest BCUT2D eigenvalue weighted by Gasteiger charge is 2.14. The van der Waals surface area contributed by atoms with Crippen LogP contribution >= 0.6 is 0 Å². The molecule has 1 unspecified atom stereocenters. The number of rotatable bonds is 7. The molecule has 2 rings (SSSR count). The Morgan fingerprint density at radius 2 is 2.26 bits per heavy atom. The molecule has 2 heterocycles. The van der Waals surface area contributed by atoms with Crippen molar-refractivity contribution in [3.63, 3.8) is 0 Å². The van der Waals surface area contributed by atoms with Crippen molar-refractivity contribution in [3.05, 3.63) is 36.3 Å². The lowest BCUT2D eigenvalue weighted by Gasteiger charge is -2.16. The van der Waals surface area contributed by atoms with E-state index in [1.54, 1.807) is 12.6 Å². The largest absolute Gasteiger partial charge is 0.469 e. The lowest BCUT2D eigenvalue weighted by atomic mass is 10.1. The van der Waals surface area contributed by atoms with Crippen molar-refractivity contribution in [3.8, 4) is 0 Å². The average Bonchev–Trinajstić information content (AvgIpc) is 3.05. The summed E-state index contributed by atoms with van der Waals surface area (Å²) in [6, 6.07) is 4.68. The van der Waals surface area contributed by atoms with Gasteiger partial charge in [-0.15, -0.1) is 0 Å². The van der Waals surface area contributed by atoms with Crippen LogP contribution in [0.5, 0.6) is 0 Å². The van der Waals surface area contributed by atoms with Crippen molar-refractivity contribution in [2.75, 3.05) is 7.05 Å². The maximum absolute atomic E-state index is 5.36. The highest BCUT2D eigenvalue weighted by atomic mass is 16.3. The zero-order chi connectivity index (χ0) is 13.7. The predicted molar refractivity (Wildman–Crippen MR) is 74.0 cm³/mol. The molecular formula is C14H22N4O. The van der Waals surface area contributed by atoms with Gasteiger partial charge in [-0.2, -0.15) is 5.10 Å². The Morgan fingerprint density at radius 3 is 2.89 bits per heavy atom. The van der Waals surface area contributed by atoms with Crippen LogP contribution in [0.4, 0.5) is 0 Å².